The molecule has 0 aliphatic rings. The van der Waals surface area contributed by atoms with E-state index in [2.05, 4.69) is 48.6 Å². The van der Waals surface area contributed by atoms with Crippen LogP contribution < -0.4 is 10.1 Å². The van der Waals surface area contributed by atoms with Crippen LogP contribution in [-0.4, -0.2) is 14.2 Å². The van der Waals surface area contributed by atoms with Crippen molar-refractivity contribution in [2.24, 2.45) is 0 Å². The van der Waals surface area contributed by atoms with Crippen LogP contribution in [-0.2, 0) is 6.42 Å². The van der Waals surface area contributed by atoms with Crippen LogP contribution in [0.25, 0.3) is 0 Å². The molecule has 0 bridgehead atoms. The predicted molar refractivity (Wildman–Crippen MR) is 84.3 cm³/mol. The first-order chi connectivity index (χ1) is 9.72. The number of hydrogen-bond acceptors (Lipinski definition) is 2. The van der Waals surface area contributed by atoms with Gasteiger partial charge in [0.05, 0.1) is 7.11 Å². The second-order valence-electron chi connectivity index (χ2n) is 5.15. The smallest absolute Gasteiger partial charge is 0.119 e. The summed E-state index contributed by atoms with van der Waals surface area (Å²) in [5, 5.41) is 3.40. The largest absolute Gasteiger partial charge is 0.497 e. The standard InChI is InChI=1S/C18H23NO/c1-14-6-4-7-15(12-14)10-11-18(19-2)16-8-5-9-17(13-16)20-3/h4-9,12-13,18-19H,10-11H2,1-3H3. The fourth-order valence-corrected chi connectivity index (χ4v) is 2.51. The van der Waals surface area contributed by atoms with Crippen molar-refractivity contribution in [3.8, 4) is 5.75 Å². The molecule has 0 radical (unpaired) electrons. The summed E-state index contributed by atoms with van der Waals surface area (Å²) in [5.74, 6) is 0.915. The second-order valence-corrected chi connectivity index (χ2v) is 5.15. The molecule has 1 unspecified atom stereocenters. The Labute approximate surface area is 121 Å². The third-order valence-corrected chi connectivity index (χ3v) is 3.65. The number of benzene rings is 2. The molecule has 0 fully saturated rings. The number of aryl methyl sites for hydroxylation is 2. The first-order valence-electron chi connectivity index (χ1n) is 7.09. The van der Waals surface area contributed by atoms with Gasteiger partial charge in [-0.3, -0.25) is 0 Å². The van der Waals surface area contributed by atoms with E-state index in [4.69, 9.17) is 4.74 Å². The van der Waals surface area contributed by atoms with Crippen molar-refractivity contribution < 1.29 is 4.74 Å². The molecule has 0 aromatic heterocycles. The Balaban J connectivity index is 2.05. The van der Waals surface area contributed by atoms with Gasteiger partial charge in [-0.1, -0.05) is 42.0 Å². The third-order valence-electron chi connectivity index (χ3n) is 3.65. The lowest BCUT2D eigenvalue weighted by Gasteiger charge is -2.17. The van der Waals surface area contributed by atoms with Crippen LogP contribution in [0.15, 0.2) is 48.5 Å². The second kappa shape index (κ2) is 7.11. The van der Waals surface area contributed by atoms with Gasteiger partial charge in [-0.15, -0.1) is 0 Å². The molecule has 0 spiro atoms. The number of ether oxygens (including phenoxy) is 1. The van der Waals surface area contributed by atoms with Gasteiger partial charge >= 0.3 is 0 Å². The number of rotatable bonds is 6. The molecular formula is C18H23NO. The molecule has 2 nitrogen and oxygen atoms in total. The number of methoxy groups -OCH3 is 1. The lowest BCUT2D eigenvalue weighted by atomic mass is 9.98. The van der Waals surface area contributed by atoms with Crippen molar-refractivity contribution in [3.63, 3.8) is 0 Å². The highest BCUT2D eigenvalue weighted by Crippen LogP contribution is 2.23. The summed E-state index contributed by atoms with van der Waals surface area (Å²) in [6.07, 6.45) is 2.15. The van der Waals surface area contributed by atoms with E-state index in [1.165, 1.54) is 16.7 Å². The van der Waals surface area contributed by atoms with Gasteiger partial charge in [0.1, 0.15) is 5.75 Å². The minimum Gasteiger partial charge on any atom is -0.497 e. The Bertz CT molecular complexity index is 551. The maximum Gasteiger partial charge on any atom is 0.119 e. The highest BCUT2D eigenvalue weighted by molar-refractivity contribution is 5.31. The number of hydrogen-bond donors (Lipinski definition) is 1. The van der Waals surface area contributed by atoms with Crippen molar-refractivity contribution >= 4 is 0 Å². The Kier molecular flexibility index (Phi) is 5.19. The van der Waals surface area contributed by atoms with Gasteiger partial charge in [0, 0.05) is 6.04 Å². The molecule has 2 rings (SSSR count). The molecule has 20 heavy (non-hydrogen) atoms. The summed E-state index contributed by atoms with van der Waals surface area (Å²) < 4.78 is 5.30. The van der Waals surface area contributed by atoms with Crippen LogP contribution in [0.5, 0.6) is 5.75 Å². The normalized spacial score (nSPS) is 12.2. The monoisotopic (exact) mass is 269 g/mol. The van der Waals surface area contributed by atoms with Gasteiger partial charge in [-0.25, -0.2) is 0 Å². The van der Waals surface area contributed by atoms with Crippen LogP contribution in [0.1, 0.15) is 29.2 Å². The van der Waals surface area contributed by atoms with Gasteiger partial charge in [-0.05, 0) is 50.1 Å². The lowest BCUT2D eigenvalue weighted by molar-refractivity contribution is 0.413. The minimum atomic E-state index is 0.352. The molecule has 0 saturated heterocycles. The van der Waals surface area contributed by atoms with Crippen LogP contribution >= 0.6 is 0 Å². The van der Waals surface area contributed by atoms with Gasteiger partial charge in [0.15, 0.2) is 0 Å². The Morgan fingerprint density at radius 2 is 1.90 bits per heavy atom. The molecule has 1 N–H and O–H groups in total. The molecule has 0 aliphatic heterocycles. The average Bonchev–Trinajstić information content (AvgIpc) is 2.48. The van der Waals surface area contributed by atoms with Crippen molar-refractivity contribution in [1.29, 1.82) is 0 Å². The summed E-state index contributed by atoms with van der Waals surface area (Å²) in [6, 6.07) is 17.4. The fraction of sp³-hybridized carbons (Fsp3) is 0.333. The van der Waals surface area contributed by atoms with E-state index in [-0.39, 0.29) is 0 Å². The summed E-state index contributed by atoms with van der Waals surface area (Å²) in [7, 11) is 3.72. The summed E-state index contributed by atoms with van der Waals surface area (Å²) in [5.41, 5.74) is 4.00. The third kappa shape index (κ3) is 3.84. The first kappa shape index (κ1) is 14.6. The highest BCUT2D eigenvalue weighted by atomic mass is 16.5. The molecule has 0 heterocycles. The van der Waals surface area contributed by atoms with E-state index in [0.29, 0.717) is 6.04 Å². The van der Waals surface area contributed by atoms with Crippen LogP contribution in [0, 0.1) is 6.92 Å². The molecule has 0 aliphatic carbocycles. The average molecular weight is 269 g/mol. The van der Waals surface area contributed by atoms with Crippen LogP contribution in [0.4, 0.5) is 0 Å². The van der Waals surface area contributed by atoms with E-state index in [0.717, 1.165) is 18.6 Å². The summed E-state index contributed by atoms with van der Waals surface area (Å²) in [6.45, 7) is 2.14. The topological polar surface area (TPSA) is 21.3 Å². The quantitative estimate of drug-likeness (QED) is 0.859. The Hall–Kier alpha value is -1.80. The zero-order valence-corrected chi connectivity index (χ0v) is 12.5. The van der Waals surface area contributed by atoms with E-state index in [1.807, 2.05) is 19.2 Å². The zero-order chi connectivity index (χ0) is 14.4. The maximum atomic E-state index is 5.30. The van der Waals surface area contributed by atoms with E-state index < -0.39 is 0 Å². The fourth-order valence-electron chi connectivity index (χ4n) is 2.51. The van der Waals surface area contributed by atoms with Crippen LogP contribution in [0.3, 0.4) is 0 Å². The van der Waals surface area contributed by atoms with Gasteiger partial charge < -0.3 is 10.1 Å². The molecule has 0 saturated carbocycles. The molecule has 1 atom stereocenters. The summed E-state index contributed by atoms with van der Waals surface area (Å²) >= 11 is 0. The van der Waals surface area contributed by atoms with Crippen molar-refractivity contribution in [1.82, 2.24) is 5.32 Å². The molecule has 2 aromatic carbocycles. The Morgan fingerprint density at radius 3 is 2.60 bits per heavy atom. The lowest BCUT2D eigenvalue weighted by Crippen LogP contribution is -2.17. The predicted octanol–water partition coefficient (Wildman–Crippen LogP) is 3.90. The van der Waals surface area contributed by atoms with E-state index >= 15 is 0 Å². The summed E-state index contributed by atoms with van der Waals surface area (Å²) in [4.78, 5) is 0. The maximum absolute atomic E-state index is 5.30. The van der Waals surface area contributed by atoms with Crippen molar-refractivity contribution in [2.75, 3.05) is 14.2 Å². The Morgan fingerprint density at radius 1 is 1.10 bits per heavy atom. The van der Waals surface area contributed by atoms with E-state index in [1.54, 1.807) is 7.11 Å². The molecule has 0 amide bonds. The van der Waals surface area contributed by atoms with Gasteiger partial charge in [0.25, 0.3) is 0 Å². The van der Waals surface area contributed by atoms with Gasteiger partial charge in [-0.2, -0.15) is 0 Å². The molecular weight excluding hydrogens is 246 g/mol. The molecule has 2 aromatic rings. The van der Waals surface area contributed by atoms with Crippen molar-refractivity contribution in [3.05, 3.63) is 65.2 Å². The first-order valence-corrected chi connectivity index (χ1v) is 7.09. The van der Waals surface area contributed by atoms with Crippen LogP contribution in [0.2, 0.25) is 0 Å². The molecule has 106 valence electrons. The zero-order valence-electron chi connectivity index (χ0n) is 12.5. The van der Waals surface area contributed by atoms with Crippen molar-refractivity contribution in [2.45, 2.75) is 25.8 Å². The molecule has 2 heteroatoms. The number of nitrogens with one attached hydrogen (secondary N) is 1. The minimum absolute atomic E-state index is 0.352. The van der Waals surface area contributed by atoms with E-state index in [9.17, 15) is 0 Å². The van der Waals surface area contributed by atoms with Gasteiger partial charge in [0.2, 0.25) is 0 Å². The highest BCUT2D eigenvalue weighted by Gasteiger charge is 2.10. The SMILES string of the molecule is CNC(CCc1cccc(C)c1)c1cccc(OC)c1.